The molecular formula is C25H24N6OS2. The summed E-state index contributed by atoms with van der Waals surface area (Å²) in [4.78, 5) is 22.4. The number of carbonyl (C=O) groups excluding carboxylic acids is 1. The standard InChI is InChI=1S/C25H24N6OS2/c1-3-14-31-19-13-9-8-12-17(19)21-22(31)27-25(30-29-21)34-20(4-2)23(32)28-24-26-18(15-33-24)16-10-6-5-7-11-16/h5-13,15,20H,3-4,14H2,1-2H3,(H,26,28,32)/t20-/m0/s1. The van der Waals surface area contributed by atoms with E-state index in [1.165, 1.54) is 23.1 Å². The van der Waals surface area contributed by atoms with Gasteiger partial charge in [0.25, 0.3) is 0 Å². The van der Waals surface area contributed by atoms with Crippen LogP contribution in [0.3, 0.4) is 0 Å². The third-order valence-electron chi connectivity index (χ3n) is 5.52. The number of amides is 1. The number of carbonyl (C=O) groups is 1. The molecule has 3 heterocycles. The van der Waals surface area contributed by atoms with Gasteiger partial charge in [0.05, 0.1) is 16.5 Å². The van der Waals surface area contributed by atoms with Crippen molar-refractivity contribution in [3.8, 4) is 11.3 Å². The van der Waals surface area contributed by atoms with Gasteiger partial charge in [-0.05, 0) is 18.9 Å². The number of aryl methyl sites for hydroxylation is 1. The number of thiazole rings is 1. The smallest absolute Gasteiger partial charge is 0.239 e. The van der Waals surface area contributed by atoms with Gasteiger partial charge in [0.2, 0.25) is 11.1 Å². The number of thioether (sulfide) groups is 1. The summed E-state index contributed by atoms with van der Waals surface area (Å²) in [5.74, 6) is -0.112. The number of rotatable bonds is 8. The van der Waals surface area contributed by atoms with Crippen molar-refractivity contribution in [1.29, 1.82) is 0 Å². The molecular weight excluding hydrogens is 464 g/mol. The molecule has 5 rings (SSSR count). The number of aromatic nitrogens is 5. The van der Waals surface area contributed by atoms with Gasteiger partial charge >= 0.3 is 0 Å². The number of hydrogen-bond acceptors (Lipinski definition) is 7. The van der Waals surface area contributed by atoms with Gasteiger partial charge in [-0.3, -0.25) is 4.79 Å². The highest BCUT2D eigenvalue weighted by atomic mass is 32.2. The molecule has 0 aliphatic carbocycles. The minimum Gasteiger partial charge on any atom is -0.324 e. The fourth-order valence-corrected chi connectivity index (χ4v) is 5.43. The average Bonchev–Trinajstić information content (AvgIpc) is 3.46. The van der Waals surface area contributed by atoms with Crippen molar-refractivity contribution < 1.29 is 4.79 Å². The summed E-state index contributed by atoms with van der Waals surface area (Å²) in [7, 11) is 0. The zero-order valence-electron chi connectivity index (χ0n) is 18.9. The van der Waals surface area contributed by atoms with Crippen molar-refractivity contribution in [2.24, 2.45) is 0 Å². The van der Waals surface area contributed by atoms with Crippen molar-refractivity contribution in [3.63, 3.8) is 0 Å². The highest BCUT2D eigenvalue weighted by Crippen LogP contribution is 2.30. The fraction of sp³-hybridized carbons (Fsp3) is 0.240. The summed E-state index contributed by atoms with van der Waals surface area (Å²) in [5, 5.41) is 15.5. The van der Waals surface area contributed by atoms with Crippen LogP contribution in [0.1, 0.15) is 26.7 Å². The lowest BCUT2D eigenvalue weighted by molar-refractivity contribution is -0.115. The summed E-state index contributed by atoms with van der Waals surface area (Å²) in [5.41, 5.74) is 4.58. The van der Waals surface area contributed by atoms with Crippen molar-refractivity contribution in [2.75, 3.05) is 5.32 Å². The SMILES string of the molecule is CCCn1c2ccccc2c2nnc(S[C@@H](CC)C(=O)Nc3nc(-c4ccccc4)cs3)nc21. The van der Waals surface area contributed by atoms with Gasteiger partial charge in [-0.2, -0.15) is 0 Å². The fourth-order valence-electron chi connectivity index (χ4n) is 3.90. The lowest BCUT2D eigenvalue weighted by atomic mass is 10.2. The van der Waals surface area contributed by atoms with E-state index in [-0.39, 0.29) is 11.2 Å². The number of para-hydroxylation sites is 1. The third-order valence-corrected chi connectivity index (χ3v) is 7.49. The van der Waals surface area contributed by atoms with E-state index in [1.54, 1.807) is 0 Å². The molecule has 9 heteroatoms. The molecule has 1 atom stereocenters. The zero-order valence-corrected chi connectivity index (χ0v) is 20.6. The van der Waals surface area contributed by atoms with Crippen LogP contribution in [0.4, 0.5) is 5.13 Å². The summed E-state index contributed by atoms with van der Waals surface area (Å²) >= 11 is 2.76. The number of benzene rings is 2. The van der Waals surface area contributed by atoms with Gasteiger partial charge in [-0.1, -0.05) is 74.1 Å². The molecule has 1 amide bonds. The quantitative estimate of drug-likeness (QED) is 0.269. The lowest BCUT2D eigenvalue weighted by Gasteiger charge is -2.12. The minimum absolute atomic E-state index is 0.112. The van der Waals surface area contributed by atoms with Gasteiger partial charge < -0.3 is 9.88 Å². The van der Waals surface area contributed by atoms with Crippen LogP contribution >= 0.6 is 23.1 Å². The average molecular weight is 489 g/mol. The molecule has 1 N–H and O–H groups in total. The van der Waals surface area contributed by atoms with Crippen molar-refractivity contribution >= 4 is 56.2 Å². The maximum absolute atomic E-state index is 13.0. The highest BCUT2D eigenvalue weighted by Gasteiger charge is 2.22. The molecule has 0 aliphatic heterocycles. The van der Waals surface area contributed by atoms with Crippen molar-refractivity contribution in [3.05, 3.63) is 60.0 Å². The van der Waals surface area contributed by atoms with Crippen LogP contribution in [0.5, 0.6) is 0 Å². The van der Waals surface area contributed by atoms with E-state index in [9.17, 15) is 4.79 Å². The molecule has 0 bridgehead atoms. The number of nitrogens with one attached hydrogen (secondary N) is 1. The molecule has 2 aromatic carbocycles. The Morgan fingerprint density at radius 3 is 2.65 bits per heavy atom. The monoisotopic (exact) mass is 488 g/mol. The van der Waals surface area contributed by atoms with Crippen LogP contribution in [0.2, 0.25) is 0 Å². The molecule has 0 saturated carbocycles. The van der Waals surface area contributed by atoms with E-state index in [1.807, 2.05) is 60.8 Å². The molecule has 3 aromatic heterocycles. The predicted octanol–water partition coefficient (Wildman–Crippen LogP) is 6.02. The topological polar surface area (TPSA) is 85.6 Å². The van der Waals surface area contributed by atoms with E-state index >= 15 is 0 Å². The lowest BCUT2D eigenvalue weighted by Crippen LogP contribution is -2.24. The molecule has 172 valence electrons. The summed E-state index contributed by atoms with van der Waals surface area (Å²) < 4.78 is 2.19. The first-order valence-corrected chi connectivity index (χ1v) is 13.0. The third kappa shape index (κ3) is 4.41. The first-order valence-electron chi connectivity index (χ1n) is 11.3. The van der Waals surface area contributed by atoms with Crippen LogP contribution in [-0.4, -0.2) is 35.9 Å². The molecule has 34 heavy (non-hydrogen) atoms. The Balaban J connectivity index is 1.37. The molecule has 0 radical (unpaired) electrons. The Morgan fingerprint density at radius 1 is 1.06 bits per heavy atom. The first kappa shape index (κ1) is 22.5. The van der Waals surface area contributed by atoms with Crippen LogP contribution in [0.15, 0.2) is 65.1 Å². The molecule has 0 spiro atoms. The summed E-state index contributed by atoms with van der Waals surface area (Å²) in [6.45, 7) is 4.97. The Labute approximate surface area is 205 Å². The number of hydrogen-bond donors (Lipinski definition) is 1. The molecule has 0 aliphatic rings. The summed E-state index contributed by atoms with van der Waals surface area (Å²) in [6, 6.07) is 18.1. The Morgan fingerprint density at radius 2 is 1.85 bits per heavy atom. The van der Waals surface area contributed by atoms with E-state index < -0.39 is 0 Å². The Kier molecular flexibility index (Phi) is 6.55. The van der Waals surface area contributed by atoms with E-state index in [0.717, 1.165) is 46.3 Å². The van der Waals surface area contributed by atoms with Gasteiger partial charge in [0.15, 0.2) is 10.8 Å². The van der Waals surface area contributed by atoms with Crippen molar-refractivity contribution in [2.45, 2.75) is 43.6 Å². The Hall–Kier alpha value is -3.30. The molecule has 7 nitrogen and oxygen atoms in total. The van der Waals surface area contributed by atoms with Gasteiger partial charge in [-0.15, -0.1) is 21.5 Å². The second-order valence-electron chi connectivity index (χ2n) is 7.84. The van der Waals surface area contributed by atoms with Crippen LogP contribution in [0.25, 0.3) is 33.3 Å². The number of nitrogens with zero attached hydrogens (tertiary/aromatic N) is 5. The largest absolute Gasteiger partial charge is 0.324 e. The highest BCUT2D eigenvalue weighted by molar-refractivity contribution is 8.00. The molecule has 0 saturated heterocycles. The van der Waals surface area contributed by atoms with Crippen LogP contribution in [-0.2, 0) is 11.3 Å². The summed E-state index contributed by atoms with van der Waals surface area (Å²) in [6.07, 6.45) is 1.62. The molecule has 0 unspecified atom stereocenters. The maximum Gasteiger partial charge on any atom is 0.239 e. The normalized spacial score (nSPS) is 12.3. The minimum atomic E-state index is -0.354. The molecule has 0 fully saturated rings. The predicted molar refractivity (Wildman–Crippen MR) is 139 cm³/mol. The van der Waals surface area contributed by atoms with Gasteiger partial charge in [-0.25, -0.2) is 9.97 Å². The van der Waals surface area contributed by atoms with Crippen LogP contribution < -0.4 is 5.32 Å². The zero-order chi connectivity index (χ0) is 23.5. The van der Waals surface area contributed by atoms with Crippen molar-refractivity contribution in [1.82, 2.24) is 24.7 Å². The number of fused-ring (bicyclic) bond motifs is 3. The van der Waals surface area contributed by atoms with Gasteiger partial charge in [0.1, 0.15) is 5.52 Å². The first-order chi connectivity index (χ1) is 16.7. The second-order valence-corrected chi connectivity index (χ2v) is 9.87. The van der Waals surface area contributed by atoms with E-state index in [2.05, 4.69) is 38.1 Å². The van der Waals surface area contributed by atoms with Crippen LogP contribution in [0, 0.1) is 0 Å². The Bertz CT molecular complexity index is 1450. The second kappa shape index (κ2) is 9.90. The molecule has 5 aromatic rings. The van der Waals surface area contributed by atoms with E-state index in [4.69, 9.17) is 4.98 Å². The number of anilines is 1. The van der Waals surface area contributed by atoms with E-state index in [0.29, 0.717) is 16.7 Å². The van der Waals surface area contributed by atoms with Gasteiger partial charge in [0, 0.05) is 22.9 Å². The maximum atomic E-state index is 13.0.